The molecule has 1 fully saturated rings. The minimum Gasteiger partial charge on any atom is -0.357 e. The standard InChI is InChI=1S/C18H27BrN4O.HI/c1-3-20-18(21-11-10-17(24)23-12-4-5-13-23)22(2)14-15-6-8-16(19)9-7-15;/h6-9H,3-5,10-14H2,1-2H3,(H,20,21);1H. The largest absolute Gasteiger partial charge is 0.357 e. The second-order valence-electron chi connectivity index (χ2n) is 6.06. The molecule has 2 rings (SSSR count). The summed E-state index contributed by atoms with van der Waals surface area (Å²) in [5.74, 6) is 1.07. The Morgan fingerprint density at radius 1 is 1.28 bits per heavy atom. The first-order valence-electron chi connectivity index (χ1n) is 8.62. The van der Waals surface area contributed by atoms with E-state index in [0.29, 0.717) is 13.0 Å². The number of benzene rings is 1. The summed E-state index contributed by atoms with van der Waals surface area (Å²) in [5.41, 5.74) is 1.22. The highest BCUT2D eigenvalue weighted by Gasteiger charge is 2.17. The third-order valence-corrected chi connectivity index (χ3v) is 4.60. The highest BCUT2D eigenvalue weighted by Crippen LogP contribution is 2.12. The summed E-state index contributed by atoms with van der Waals surface area (Å²) in [6, 6.07) is 8.28. The molecule has 0 saturated carbocycles. The van der Waals surface area contributed by atoms with Gasteiger partial charge >= 0.3 is 0 Å². The number of carbonyl (C=O) groups excluding carboxylic acids is 1. The Bertz CT molecular complexity index is 559. The lowest BCUT2D eigenvalue weighted by atomic mass is 10.2. The molecule has 25 heavy (non-hydrogen) atoms. The van der Waals surface area contributed by atoms with Crippen molar-refractivity contribution in [3.63, 3.8) is 0 Å². The number of aliphatic imine (C=N–C) groups is 1. The Kier molecular flexibility index (Phi) is 10.4. The first kappa shape index (κ1) is 22.2. The van der Waals surface area contributed by atoms with E-state index in [9.17, 15) is 4.79 Å². The fraction of sp³-hybridized carbons (Fsp3) is 0.556. The minimum atomic E-state index is 0. The Morgan fingerprint density at radius 2 is 1.92 bits per heavy atom. The molecule has 1 saturated heterocycles. The van der Waals surface area contributed by atoms with Crippen LogP contribution in [0.15, 0.2) is 33.7 Å². The van der Waals surface area contributed by atoms with Crippen molar-refractivity contribution in [3.8, 4) is 0 Å². The maximum absolute atomic E-state index is 12.1. The maximum Gasteiger partial charge on any atom is 0.224 e. The Balaban J connectivity index is 0.00000312. The van der Waals surface area contributed by atoms with Gasteiger partial charge in [-0.3, -0.25) is 9.79 Å². The average molecular weight is 523 g/mol. The number of nitrogens with one attached hydrogen (secondary N) is 1. The highest BCUT2D eigenvalue weighted by atomic mass is 127. The van der Waals surface area contributed by atoms with Crippen LogP contribution in [0.5, 0.6) is 0 Å². The average Bonchev–Trinajstić information content (AvgIpc) is 3.10. The van der Waals surface area contributed by atoms with Gasteiger partial charge in [-0.15, -0.1) is 24.0 Å². The molecule has 1 amide bonds. The molecule has 0 aliphatic carbocycles. The van der Waals surface area contributed by atoms with Gasteiger partial charge in [0.15, 0.2) is 5.96 Å². The van der Waals surface area contributed by atoms with Crippen LogP contribution >= 0.6 is 39.9 Å². The summed E-state index contributed by atoms with van der Waals surface area (Å²) in [6.45, 7) is 5.99. The van der Waals surface area contributed by atoms with Crippen LogP contribution in [0.4, 0.5) is 0 Å². The minimum absolute atomic E-state index is 0. The number of amides is 1. The van der Waals surface area contributed by atoms with Gasteiger partial charge in [-0.2, -0.15) is 0 Å². The second kappa shape index (κ2) is 11.7. The van der Waals surface area contributed by atoms with Crippen LogP contribution in [0.3, 0.4) is 0 Å². The fourth-order valence-corrected chi connectivity index (χ4v) is 3.05. The number of halogens is 2. The van der Waals surface area contributed by atoms with Crippen molar-refractivity contribution in [1.29, 1.82) is 0 Å². The van der Waals surface area contributed by atoms with Gasteiger partial charge < -0.3 is 15.1 Å². The van der Waals surface area contributed by atoms with Crippen LogP contribution in [-0.2, 0) is 11.3 Å². The Hall–Kier alpha value is -0.830. The molecule has 0 spiro atoms. The summed E-state index contributed by atoms with van der Waals surface area (Å²) < 4.78 is 1.08. The van der Waals surface area contributed by atoms with Crippen molar-refractivity contribution in [2.45, 2.75) is 32.7 Å². The van der Waals surface area contributed by atoms with E-state index in [4.69, 9.17) is 0 Å². The number of hydrogen-bond acceptors (Lipinski definition) is 2. The zero-order valence-corrected chi connectivity index (χ0v) is 18.9. The molecule has 0 radical (unpaired) electrons. The number of guanidine groups is 1. The van der Waals surface area contributed by atoms with Crippen LogP contribution in [0.1, 0.15) is 31.7 Å². The normalized spacial score (nSPS) is 14.2. The number of hydrogen-bond donors (Lipinski definition) is 1. The summed E-state index contributed by atoms with van der Waals surface area (Å²) in [4.78, 5) is 20.8. The van der Waals surface area contributed by atoms with Crippen molar-refractivity contribution in [3.05, 3.63) is 34.3 Å². The van der Waals surface area contributed by atoms with Crippen LogP contribution < -0.4 is 5.32 Å². The Labute approximate surface area is 176 Å². The van der Waals surface area contributed by atoms with Crippen molar-refractivity contribution >= 4 is 51.8 Å². The number of rotatable bonds is 6. The van der Waals surface area contributed by atoms with Crippen LogP contribution in [-0.4, -0.2) is 54.9 Å². The van der Waals surface area contributed by atoms with Crippen LogP contribution in [0.2, 0.25) is 0 Å². The summed E-state index contributed by atoms with van der Waals surface area (Å²) in [7, 11) is 2.02. The summed E-state index contributed by atoms with van der Waals surface area (Å²) in [6.07, 6.45) is 2.75. The van der Waals surface area contributed by atoms with Crippen LogP contribution in [0.25, 0.3) is 0 Å². The Morgan fingerprint density at radius 3 is 2.52 bits per heavy atom. The molecule has 0 bridgehead atoms. The predicted octanol–water partition coefficient (Wildman–Crippen LogP) is 3.48. The molecule has 1 aliphatic rings. The van der Waals surface area contributed by atoms with Gasteiger partial charge in [-0.25, -0.2) is 0 Å². The molecule has 0 aromatic heterocycles. The lowest BCUT2D eigenvalue weighted by Gasteiger charge is -2.22. The predicted molar refractivity (Wildman–Crippen MR) is 117 cm³/mol. The van der Waals surface area contributed by atoms with Gasteiger partial charge in [0.2, 0.25) is 5.91 Å². The molecule has 0 unspecified atom stereocenters. The third-order valence-electron chi connectivity index (χ3n) is 4.08. The first-order valence-corrected chi connectivity index (χ1v) is 9.41. The van der Waals surface area contributed by atoms with E-state index >= 15 is 0 Å². The number of likely N-dealkylation sites (tertiary alicyclic amines) is 1. The van der Waals surface area contributed by atoms with Gasteiger partial charge in [0.1, 0.15) is 0 Å². The van der Waals surface area contributed by atoms with Gasteiger partial charge in [0.05, 0.1) is 6.54 Å². The van der Waals surface area contributed by atoms with E-state index in [1.54, 1.807) is 0 Å². The molecule has 1 N–H and O–H groups in total. The van der Waals surface area contributed by atoms with Crippen molar-refractivity contribution in [1.82, 2.24) is 15.1 Å². The maximum atomic E-state index is 12.1. The zero-order chi connectivity index (χ0) is 17.4. The highest BCUT2D eigenvalue weighted by molar-refractivity contribution is 14.0. The zero-order valence-electron chi connectivity index (χ0n) is 15.0. The van der Waals surface area contributed by atoms with Crippen molar-refractivity contribution in [2.75, 3.05) is 33.2 Å². The molecule has 5 nitrogen and oxygen atoms in total. The lowest BCUT2D eigenvalue weighted by Crippen LogP contribution is -2.38. The van der Waals surface area contributed by atoms with Gasteiger partial charge in [-0.1, -0.05) is 28.1 Å². The quantitative estimate of drug-likeness (QED) is 0.353. The molecular weight excluding hydrogens is 495 g/mol. The van der Waals surface area contributed by atoms with Crippen LogP contribution in [0, 0.1) is 0 Å². The molecule has 1 aliphatic heterocycles. The van der Waals surface area contributed by atoms with Crippen molar-refractivity contribution in [2.24, 2.45) is 4.99 Å². The second-order valence-corrected chi connectivity index (χ2v) is 6.97. The summed E-state index contributed by atoms with van der Waals surface area (Å²) in [5, 5.41) is 3.30. The first-order chi connectivity index (χ1) is 11.6. The van der Waals surface area contributed by atoms with Gasteiger partial charge in [-0.05, 0) is 37.5 Å². The summed E-state index contributed by atoms with van der Waals surface area (Å²) >= 11 is 3.46. The fourth-order valence-electron chi connectivity index (χ4n) is 2.79. The smallest absolute Gasteiger partial charge is 0.224 e. The van der Waals surface area contributed by atoms with E-state index in [0.717, 1.165) is 49.5 Å². The molecule has 1 heterocycles. The van der Waals surface area contributed by atoms with E-state index < -0.39 is 0 Å². The third kappa shape index (κ3) is 7.52. The SMILES string of the molecule is CCNC(=NCCC(=O)N1CCCC1)N(C)Cc1ccc(Br)cc1.I. The number of carbonyl (C=O) groups is 1. The van der Waals surface area contributed by atoms with E-state index in [1.807, 2.05) is 24.1 Å². The monoisotopic (exact) mass is 522 g/mol. The van der Waals surface area contributed by atoms with Gasteiger partial charge in [0.25, 0.3) is 0 Å². The molecular formula is C18H28BrIN4O. The number of nitrogens with zero attached hydrogens (tertiary/aromatic N) is 3. The van der Waals surface area contributed by atoms with E-state index in [2.05, 4.69) is 50.2 Å². The molecule has 7 heteroatoms. The molecule has 140 valence electrons. The molecule has 1 aromatic carbocycles. The topological polar surface area (TPSA) is 47.9 Å². The molecule has 0 atom stereocenters. The lowest BCUT2D eigenvalue weighted by molar-refractivity contribution is -0.129. The van der Waals surface area contributed by atoms with E-state index in [-0.39, 0.29) is 29.9 Å². The van der Waals surface area contributed by atoms with Crippen molar-refractivity contribution < 1.29 is 4.79 Å². The molecule has 1 aromatic rings. The van der Waals surface area contributed by atoms with Gasteiger partial charge in [0, 0.05) is 44.1 Å². The van der Waals surface area contributed by atoms with E-state index in [1.165, 1.54) is 5.56 Å².